The van der Waals surface area contributed by atoms with E-state index in [2.05, 4.69) is 32.9 Å². The quantitative estimate of drug-likeness (QED) is 0.914. The maximum Gasteiger partial charge on any atom is 0.182 e. The second-order valence-electron chi connectivity index (χ2n) is 6.87. The van der Waals surface area contributed by atoms with Gasteiger partial charge in [-0.05, 0) is 35.1 Å². The van der Waals surface area contributed by atoms with Gasteiger partial charge in [0.25, 0.3) is 0 Å². The first kappa shape index (κ1) is 17.7. The minimum atomic E-state index is -3.41. The number of hydrogen-bond acceptors (Lipinski definition) is 3. The van der Waals surface area contributed by atoms with Crippen LogP contribution in [-0.4, -0.2) is 20.2 Å². The van der Waals surface area contributed by atoms with Gasteiger partial charge in [0.1, 0.15) is 0 Å². The van der Waals surface area contributed by atoms with E-state index in [-0.39, 0.29) is 12.0 Å². The fourth-order valence-corrected chi connectivity index (χ4v) is 4.11. The van der Waals surface area contributed by atoms with E-state index in [4.69, 9.17) is 5.73 Å². The van der Waals surface area contributed by atoms with E-state index in [0.717, 1.165) is 5.56 Å². The zero-order valence-corrected chi connectivity index (χ0v) is 14.8. The van der Waals surface area contributed by atoms with Crippen LogP contribution in [0.25, 0.3) is 0 Å². The Kier molecular flexibility index (Phi) is 5.27. The first-order chi connectivity index (χ1) is 10.7. The number of nitrogens with two attached hydrogens (primary N) is 1. The zero-order chi connectivity index (χ0) is 17.1. The fraction of sp³-hybridized carbons (Fsp3) is 0.368. The molecule has 0 aliphatic heterocycles. The topological polar surface area (TPSA) is 60.2 Å². The molecule has 0 saturated carbocycles. The van der Waals surface area contributed by atoms with Gasteiger partial charge in [-0.15, -0.1) is 0 Å². The average molecular weight is 331 g/mol. The second-order valence-corrected chi connectivity index (χ2v) is 9.09. The van der Waals surface area contributed by atoms with Crippen molar-refractivity contribution in [1.29, 1.82) is 0 Å². The van der Waals surface area contributed by atoms with E-state index in [0.29, 0.717) is 11.3 Å². The van der Waals surface area contributed by atoms with Crippen LogP contribution in [0.3, 0.4) is 0 Å². The van der Waals surface area contributed by atoms with Crippen molar-refractivity contribution in [3.8, 4) is 0 Å². The van der Waals surface area contributed by atoms with Gasteiger partial charge in [-0.2, -0.15) is 0 Å². The zero-order valence-electron chi connectivity index (χ0n) is 14.0. The molecule has 0 aliphatic rings. The molecule has 2 N–H and O–H groups in total. The average Bonchev–Trinajstić information content (AvgIpc) is 2.53. The van der Waals surface area contributed by atoms with Crippen LogP contribution in [0.2, 0.25) is 0 Å². The summed E-state index contributed by atoms with van der Waals surface area (Å²) in [6, 6.07) is 16.7. The monoisotopic (exact) mass is 331 g/mol. The van der Waals surface area contributed by atoms with Crippen molar-refractivity contribution in [2.75, 3.05) is 6.54 Å². The van der Waals surface area contributed by atoms with E-state index >= 15 is 0 Å². The standard InChI is InChI=1S/C19H25NO2S/c1-19(2,3)16-11-9-15(10-12-16)13-18(14-20)23(21,22)17-7-5-4-6-8-17/h4-12,18H,13-14,20H2,1-3H3. The van der Waals surface area contributed by atoms with Crippen molar-refractivity contribution in [2.24, 2.45) is 5.73 Å². The molecule has 23 heavy (non-hydrogen) atoms. The summed E-state index contributed by atoms with van der Waals surface area (Å²) in [6.07, 6.45) is 0.429. The molecule has 0 saturated heterocycles. The molecule has 2 aromatic rings. The molecule has 0 amide bonds. The summed E-state index contributed by atoms with van der Waals surface area (Å²) in [6.45, 7) is 6.58. The van der Waals surface area contributed by atoms with Gasteiger partial charge < -0.3 is 5.73 Å². The predicted octanol–water partition coefficient (Wildman–Crippen LogP) is 3.33. The van der Waals surface area contributed by atoms with Crippen molar-refractivity contribution in [2.45, 2.75) is 42.8 Å². The lowest BCUT2D eigenvalue weighted by atomic mass is 9.86. The lowest BCUT2D eigenvalue weighted by molar-refractivity contribution is 0.577. The van der Waals surface area contributed by atoms with Crippen LogP contribution in [0.1, 0.15) is 31.9 Å². The number of sulfone groups is 1. The summed E-state index contributed by atoms with van der Waals surface area (Å²) in [5.41, 5.74) is 8.08. The highest BCUT2D eigenvalue weighted by Crippen LogP contribution is 2.24. The summed E-state index contributed by atoms with van der Waals surface area (Å²) in [5, 5.41) is -0.606. The van der Waals surface area contributed by atoms with Crippen molar-refractivity contribution >= 4 is 9.84 Å². The molecule has 4 heteroatoms. The van der Waals surface area contributed by atoms with Crippen molar-refractivity contribution < 1.29 is 8.42 Å². The molecule has 0 radical (unpaired) electrons. The minimum absolute atomic E-state index is 0.0852. The molecule has 0 spiro atoms. The summed E-state index contributed by atoms with van der Waals surface area (Å²) in [5.74, 6) is 0. The molecule has 1 atom stereocenters. The van der Waals surface area contributed by atoms with Crippen LogP contribution in [0.4, 0.5) is 0 Å². The third kappa shape index (κ3) is 4.21. The molecule has 2 aromatic carbocycles. The summed E-state index contributed by atoms with van der Waals surface area (Å²) < 4.78 is 25.4. The Morgan fingerprint density at radius 2 is 1.52 bits per heavy atom. The maximum absolute atomic E-state index is 12.7. The highest BCUT2D eigenvalue weighted by Gasteiger charge is 2.26. The third-order valence-corrected chi connectivity index (χ3v) is 6.22. The predicted molar refractivity (Wildman–Crippen MR) is 95.3 cm³/mol. The van der Waals surface area contributed by atoms with Crippen LogP contribution in [0.15, 0.2) is 59.5 Å². The lowest BCUT2D eigenvalue weighted by Gasteiger charge is -2.20. The molecule has 3 nitrogen and oxygen atoms in total. The van der Waals surface area contributed by atoms with Crippen LogP contribution in [0.5, 0.6) is 0 Å². The molecular weight excluding hydrogens is 306 g/mol. The first-order valence-electron chi connectivity index (χ1n) is 7.83. The largest absolute Gasteiger partial charge is 0.329 e. The highest BCUT2D eigenvalue weighted by molar-refractivity contribution is 7.92. The van der Waals surface area contributed by atoms with Crippen LogP contribution in [0, 0.1) is 0 Å². The van der Waals surface area contributed by atoms with Crippen LogP contribution >= 0.6 is 0 Å². The van der Waals surface area contributed by atoms with E-state index in [1.165, 1.54) is 5.56 Å². The van der Waals surface area contributed by atoms with E-state index in [9.17, 15) is 8.42 Å². The van der Waals surface area contributed by atoms with E-state index in [1.807, 2.05) is 18.2 Å². The Labute approximate surface area is 139 Å². The van der Waals surface area contributed by atoms with Gasteiger partial charge in [-0.1, -0.05) is 63.2 Å². The highest BCUT2D eigenvalue weighted by atomic mass is 32.2. The first-order valence-corrected chi connectivity index (χ1v) is 9.38. The SMILES string of the molecule is CC(C)(C)c1ccc(CC(CN)S(=O)(=O)c2ccccc2)cc1. The Bertz CT molecular complexity index is 729. The van der Waals surface area contributed by atoms with Crippen LogP contribution in [-0.2, 0) is 21.7 Å². The van der Waals surface area contributed by atoms with Gasteiger partial charge in [-0.3, -0.25) is 0 Å². The Morgan fingerprint density at radius 3 is 2.00 bits per heavy atom. The van der Waals surface area contributed by atoms with Crippen molar-refractivity contribution in [3.05, 3.63) is 65.7 Å². The Balaban J connectivity index is 2.23. The number of rotatable bonds is 5. The summed E-state index contributed by atoms with van der Waals surface area (Å²) >= 11 is 0. The van der Waals surface area contributed by atoms with Gasteiger partial charge in [-0.25, -0.2) is 8.42 Å². The summed E-state index contributed by atoms with van der Waals surface area (Å²) in [7, 11) is -3.41. The van der Waals surface area contributed by atoms with Crippen LogP contribution < -0.4 is 5.73 Å². The van der Waals surface area contributed by atoms with Crippen molar-refractivity contribution in [3.63, 3.8) is 0 Å². The molecule has 2 rings (SSSR count). The fourth-order valence-electron chi connectivity index (χ4n) is 2.53. The molecule has 0 aromatic heterocycles. The van der Waals surface area contributed by atoms with Crippen molar-refractivity contribution in [1.82, 2.24) is 0 Å². The smallest absolute Gasteiger partial charge is 0.182 e. The molecule has 1 unspecified atom stereocenters. The molecule has 0 heterocycles. The molecule has 0 bridgehead atoms. The maximum atomic E-state index is 12.7. The van der Waals surface area contributed by atoms with Gasteiger partial charge in [0.2, 0.25) is 0 Å². The molecule has 0 aliphatic carbocycles. The summed E-state index contributed by atoms with van der Waals surface area (Å²) in [4.78, 5) is 0.335. The third-order valence-electron chi connectivity index (χ3n) is 4.06. The molecule has 124 valence electrons. The number of benzene rings is 2. The van der Waals surface area contributed by atoms with Gasteiger partial charge >= 0.3 is 0 Å². The van der Waals surface area contributed by atoms with Gasteiger partial charge in [0, 0.05) is 6.54 Å². The second kappa shape index (κ2) is 6.85. The molecular formula is C19H25NO2S. The lowest BCUT2D eigenvalue weighted by Crippen LogP contribution is -2.32. The molecule has 0 fully saturated rings. The van der Waals surface area contributed by atoms with Gasteiger partial charge in [0.05, 0.1) is 10.1 Å². The number of hydrogen-bond donors (Lipinski definition) is 1. The van der Waals surface area contributed by atoms with E-state index < -0.39 is 15.1 Å². The Morgan fingerprint density at radius 1 is 0.957 bits per heavy atom. The minimum Gasteiger partial charge on any atom is -0.329 e. The van der Waals surface area contributed by atoms with Gasteiger partial charge in [0.15, 0.2) is 9.84 Å². The normalized spacial score (nSPS) is 13.7. The Hall–Kier alpha value is -1.65. The van der Waals surface area contributed by atoms with E-state index in [1.54, 1.807) is 24.3 Å².